The van der Waals surface area contributed by atoms with Crippen LogP contribution in [0.15, 0.2) is 24.3 Å². The zero-order valence-electron chi connectivity index (χ0n) is 13.0. The molecule has 2 aromatic rings. The molecule has 1 aromatic carbocycles. The molecule has 1 saturated heterocycles. The van der Waals surface area contributed by atoms with Crippen LogP contribution in [-0.4, -0.2) is 43.1 Å². The minimum absolute atomic E-state index is 0.794. The van der Waals surface area contributed by atoms with Crippen molar-refractivity contribution in [2.75, 3.05) is 43.9 Å². The Morgan fingerprint density at radius 1 is 1.24 bits per heavy atom. The van der Waals surface area contributed by atoms with Gasteiger partial charge in [-0.1, -0.05) is 0 Å². The molecule has 1 fully saturated rings. The molecule has 0 bridgehead atoms. The Bertz CT molecular complexity index is 632. The lowest BCUT2D eigenvalue weighted by atomic mass is 10.1. The van der Waals surface area contributed by atoms with Crippen LogP contribution in [0.5, 0.6) is 0 Å². The second-order valence-electron chi connectivity index (χ2n) is 6.03. The predicted octanol–water partition coefficient (Wildman–Crippen LogP) is 2.66. The summed E-state index contributed by atoms with van der Waals surface area (Å²) in [6, 6.07) is 8.12. The zero-order chi connectivity index (χ0) is 14.8. The van der Waals surface area contributed by atoms with Gasteiger partial charge in [0.1, 0.15) is 0 Å². The number of nitrogens with two attached hydrogens (primary N) is 1. The summed E-state index contributed by atoms with van der Waals surface area (Å²) < 4.78 is 0. The van der Waals surface area contributed by atoms with Crippen LogP contribution in [0.1, 0.15) is 18.5 Å². The summed E-state index contributed by atoms with van der Waals surface area (Å²) in [4.78, 5) is 9.48. The van der Waals surface area contributed by atoms with Crippen LogP contribution in [0, 0.1) is 6.92 Å². The minimum Gasteiger partial charge on any atom is -0.399 e. The molecule has 0 saturated carbocycles. The van der Waals surface area contributed by atoms with Crippen molar-refractivity contribution in [1.82, 2.24) is 9.88 Å². The van der Waals surface area contributed by atoms with Crippen LogP contribution in [0.4, 0.5) is 11.4 Å². The molecular formula is C17H24N4. The van der Waals surface area contributed by atoms with E-state index in [1.807, 2.05) is 25.1 Å². The van der Waals surface area contributed by atoms with E-state index in [0.29, 0.717) is 0 Å². The van der Waals surface area contributed by atoms with E-state index in [9.17, 15) is 0 Å². The van der Waals surface area contributed by atoms with Gasteiger partial charge in [-0.05, 0) is 57.1 Å². The third kappa shape index (κ3) is 3.10. The number of pyridine rings is 1. The van der Waals surface area contributed by atoms with Gasteiger partial charge < -0.3 is 15.5 Å². The van der Waals surface area contributed by atoms with Gasteiger partial charge in [-0.3, -0.25) is 4.98 Å². The Morgan fingerprint density at radius 2 is 2.00 bits per heavy atom. The van der Waals surface area contributed by atoms with E-state index in [2.05, 4.69) is 27.9 Å². The Kier molecular flexibility index (Phi) is 3.97. The van der Waals surface area contributed by atoms with E-state index in [-0.39, 0.29) is 0 Å². The molecule has 0 spiro atoms. The number of aromatic nitrogens is 1. The highest BCUT2D eigenvalue weighted by atomic mass is 15.2. The highest BCUT2D eigenvalue weighted by Crippen LogP contribution is 2.27. The van der Waals surface area contributed by atoms with Gasteiger partial charge >= 0.3 is 0 Å². The molecule has 0 aliphatic carbocycles. The van der Waals surface area contributed by atoms with E-state index >= 15 is 0 Å². The van der Waals surface area contributed by atoms with E-state index in [4.69, 9.17) is 5.73 Å². The van der Waals surface area contributed by atoms with Crippen molar-refractivity contribution in [3.05, 3.63) is 30.0 Å². The molecule has 112 valence electrons. The Hall–Kier alpha value is -1.81. The van der Waals surface area contributed by atoms with Gasteiger partial charge in [0.05, 0.1) is 5.52 Å². The number of likely N-dealkylation sites (tertiary alicyclic amines) is 1. The van der Waals surface area contributed by atoms with Crippen molar-refractivity contribution in [2.45, 2.75) is 19.8 Å². The van der Waals surface area contributed by atoms with Crippen molar-refractivity contribution in [2.24, 2.45) is 0 Å². The minimum atomic E-state index is 0.794. The number of anilines is 2. The van der Waals surface area contributed by atoms with E-state index in [1.54, 1.807) is 0 Å². The summed E-state index contributed by atoms with van der Waals surface area (Å²) in [5.74, 6) is 0. The van der Waals surface area contributed by atoms with E-state index in [1.165, 1.54) is 31.6 Å². The lowest BCUT2D eigenvalue weighted by Gasteiger charge is -2.24. The first-order valence-corrected chi connectivity index (χ1v) is 7.74. The summed E-state index contributed by atoms with van der Waals surface area (Å²) in [5.41, 5.74) is 10.0. The number of nitrogen functional groups attached to an aromatic ring is 1. The molecule has 1 aliphatic rings. The Labute approximate surface area is 126 Å². The van der Waals surface area contributed by atoms with Crippen LogP contribution in [0.3, 0.4) is 0 Å². The molecule has 3 rings (SSSR count). The first kappa shape index (κ1) is 14.1. The third-order valence-electron chi connectivity index (χ3n) is 4.30. The molecule has 1 aromatic heterocycles. The molecule has 0 unspecified atom stereocenters. The molecular weight excluding hydrogens is 260 g/mol. The second kappa shape index (κ2) is 5.90. The number of nitrogens with zero attached hydrogens (tertiary/aromatic N) is 3. The fourth-order valence-corrected chi connectivity index (χ4v) is 3.09. The van der Waals surface area contributed by atoms with Crippen LogP contribution in [0.25, 0.3) is 10.9 Å². The summed E-state index contributed by atoms with van der Waals surface area (Å²) in [6.07, 6.45) is 2.69. The number of fused-ring (bicyclic) bond motifs is 1. The summed E-state index contributed by atoms with van der Waals surface area (Å²) in [6.45, 7) is 6.70. The molecule has 0 amide bonds. The first-order valence-electron chi connectivity index (χ1n) is 7.74. The summed E-state index contributed by atoms with van der Waals surface area (Å²) in [5, 5.41) is 1.14. The normalized spacial score (nSPS) is 15.7. The van der Waals surface area contributed by atoms with Crippen molar-refractivity contribution >= 4 is 22.3 Å². The van der Waals surface area contributed by atoms with Crippen molar-refractivity contribution < 1.29 is 0 Å². The molecule has 21 heavy (non-hydrogen) atoms. The van der Waals surface area contributed by atoms with Crippen LogP contribution >= 0.6 is 0 Å². The number of hydrogen-bond donors (Lipinski definition) is 1. The molecule has 2 N–H and O–H groups in total. The van der Waals surface area contributed by atoms with Gasteiger partial charge in [-0.2, -0.15) is 0 Å². The molecule has 4 nitrogen and oxygen atoms in total. The van der Waals surface area contributed by atoms with Crippen LogP contribution < -0.4 is 10.6 Å². The Balaban J connectivity index is 1.85. The fraction of sp³-hybridized carbons (Fsp3) is 0.471. The number of rotatable bonds is 4. The Morgan fingerprint density at radius 3 is 2.76 bits per heavy atom. The largest absolute Gasteiger partial charge is 0.399 e. The first-order chi connectivity index (χ1) is 10.1. The van der Waals surface area contributed by atoms with Gasteiger partial charge in [0.25, 0.3) is 0 Å². The highest BCUT2D eigenvalue weighted by molar-refractivity contribution is 5.93. The summed E-state index contributed by atoms with van der Waals surface area (Å²) in [7, 11) is 2.16. The fourth-order valence-electron chi connectivity index (χ4n) is 3.09. The maximum atomic E-state index is 5.95. The van der Waals surface area contributed by atoms with Crippen molar-refractivity contribution in [1.29, 1.82) is 0 Å². The van der Waals surface area contributed by atoms with Gasteiger partial charge in [-0.25, -0.2) is 0 Å². The average Bonchev–Trinajstić information content (AvgIpc) is 2.97. The third-order valence-corrected chi connectivity index (χ3v) is 4.30. The monoisotopic (exact) mass is 284 g/mol. The highest BCUT2D eigenvalue weighted by Gasteiger charge is 2.13. The van der Waals surface area contributed by atoms with Gasteiger partial charge in [-0.15, -0.1) is 0 Å². The lowest BCUT2D eigenvalue weighted by molar-refractivity contribution is 0.347. The van der Waals surface area contributed by atoms with Crippen molar-refractivity contribution in [3.8, 4) is 0 Å². The van der Waals surface area contributed by atoms with Crippen LogP contribution in [0.2, 0.25) is 0 Å². The standard InChI is InChI=1S/C17H24N4/c1-13-11-17(15-12-14(18)5-6-16(15)19-13)20(2)9-10-21-7-3-4-8-21/h5-6,11-12H,3-4,7-10,18H2,1-2H3. The SMILES string of the molecule is Cc1cc(N(C)CCN2CCCC2)c2cc(N)ccc2n1. The maximum Gasteiger partial charge on any atom is 0.0727 e. The van der Waals surface area contributed by atoms with E-state index < -0.39 is 0 Å². The van der Waals surface area contributed by atoms with E-state index in [0.717, 1.165) is 35.4 Å². The second-order valence-corrected chi connectivity index (χ2v) is 6.03. The van der Waals surface area contributed by atoms with Gasteiger partial charge in [0.15, 0.2) is 0 Å². The smallest absolute Gasteiger partial charge is 0.0727 e. The number of benzene rings is 1. The van der Waals surface area contributed by atoms with Crippen molar-refractivity contribution in [3.63, 3.8) is 0 Å². The lowest BCUT2D eigenvalue weighted by Crippen LogP contribution is -2.31. The maximum absolute atomic E-state index is 5.95. The molecule has 1 aliphatic heterocycles. The topological polar surface area (TPSA) is 45.4 Å². The number of hydrogen-bond acceptors (Lipinski definition) is 4. The molecule has 0 radical (unpaired) electrons. The number of likely N-dealkylation sites (N-methyl/N-ethyl adjacent to an activating group) is 1. The molecule has 0 atom stereocenters. The predicted molar refractivity (Wildman–Crippen MR) is 89.8 cm³/mol. The zero-order valence-corrected chi connectivity index (χ0v) is 13.0. The molecule has 4 heteroatoms. The summed E-state index contributed by atoms with van der Waals surface area (Å²) >= 11 is 0. The quantitative estimate of drug-likeness (QED) is 0.877. The van der Waals surface area contributed by atoms with Crippen LogP contribution in [-0.2, 0) is 0 Å². The van der Waals surface area contributed by atoms with Gasteiger partial charge in [0.2, 0.25) is 0 Å². The van der Waals surface area contributed by atoms with Gasteiger partial charge in [0, 0.05) is 42.6 Å². The molecule has 2 heterocycles. The average molecular weight is 284 g/mol. The number of aryl methyl sites for hydroxylation is 1.